The molecule has 176 valence electrons. The summed E-state index contributed by atoms with van der Waals surface area (Å²) in [5.41, 5.74) is 3.56. The van der Waals surface area contributed by atoms with Gasteiger partial charge in [-0.3, -0.25) is 4.79 Å². The minimum absolute atomic E-state index is 0.0690. The van der Waals surface area contributed by atoms with E-state index in [1.807, 2.05) is 77.1 Å². The van der Waals surface area contributed by atoms with Crippen molar-refractivity contribution in [1.82, 2.24) is 33.9 Å². The first kappa shape index (κ1) is 21.6. The van der Waals surface area contributed by atoms with Crippen molar-refractivity contribution in [1.29, 1.82) is 0 Å². The van der Waals surface area contributed by atoms with Crippen LogP contribution in [-0.2, 0) is 5.75 Å². The molecule has 0 unspecified atom stereocenters. The quantitative estimate of drug-likeness (QED) is 0.354. The predicted octanol–water partition coefficient (Wildman–Crippen LogP) is 3.34. The van der Waals surface area contributed by atoms with E-state index in [0.29, 0.717) is 24.6 Å². The second-order valence-corrected chi connectivity index (χ2v) is 9.51. The number of pyridine rings is 1. The number of piperazine rings is 1. The SMILES string of the molecule is Cc1cc(N2CCN(C(=O)c3ccccc3SCc3cn4ccccc4n3)CC2)n2ncnc2n1. The Morgan fingerprint density at radius 3 is 2.71 bits per heavy atom. The highest BCUT2D eigenvalue weighted by Crippen LogP contribution is 2.28. The first-order valence-electron chi connectivity index (χ1n) is 11.5. The van der Waals surface area contributed by atoms with Crippen LogP contribution >= 0.6 is 11.8 Å². The summed E-state index contributed by atoms with van der Waals surface area (Å²) in [7, 11) is 0. The summed E-state index contributed by atoms with van der Waals surface area (Å²) in [5.74, 6) is 2.32. The number of imidazole rings is 1. The van der Waals surface area contributed by atoms with Gasteiger partial charge < -0.3 is 14.2 Å². The maximum absolute atomic E-state index is 13.5. The van der Waals surface area contributed by atoms with Crippen molar-refractivity contribution in [2.75, 3.05) is 31.1 Å². The molecule has 0 saturated carbocycles. The van der Waals surface area contributed by atoms with Crippen molar-refractivity contribution in [3.05, 3.63) is 84.2 Å². The first-order chi connectivity index (χ1) is 17.2. The lowest BCUT2D eigenvalue weighted by Crippen LogP contribution is -2.49. The van der Waals surface area contributed by atoms with Crippen LogP contribution in [0.15, 0.2) is 72.1 Å². The number of nitrogens with zero attached hydrogens (tertiary/aromatic N) is 8. The maximum atomic E-state index is 13.5. The molecule has 1 aliphatic rings. The topological polar surface area (TPSA) is 83.9 Å². The fourth-order valence-electron chi connectivity index (χ4n) is 4.42. The van der Waals surface area contributed by atoms with Gasteiger partial charge in [-0.05, 0) is 31.2 Å². The molecule has 1 amide bonds. The van der Waals surface area contributed by atoms with Crippen molar-refractivity contribution in [3.8, 4) is 0 Å². The predicted molar refractivity (Wildman–Crippen MR) is 135 cm³/mol. The molecule has 0 aliphatic carbocycles. The summed E-state index contributed by atoms with van der Waals surface area (Å²) >= 11 is 1.65. The molecule has 1 aromatic carbocycles. The Kier molecular flexibility index (Phi) is 5.57. The molecule has 4 aromatic heterocycles. The van der Waals surface area contributed by atoms with Gasteiger partial charge in [-0.25, -0.2) is 9.97 Å². The number of hydrogen-bond acceptors (Lipinski definition) is 7. The van der Waals surface area contributed by atoms with Gasteiger partial charge >= 0.3 is 0 Å². The number of benzene rings is 1. The number of carbonyl (C=O) groups is 1. The van der Waals surface area contributed by atoms with Gasteiger partial charge in [-0.2, -0.15) is 14.6 Å². The fraction of sp³-hybridized carbons (Fsp3) is 0.240. The fourth-order valence-corrected chi connectivity index (χ4v) is 5.35. The highest BCUT2D eigenvalue weighted by atomic mass is 32.2. The highest BCUT2D eigenvalue weighted by Gasteiger charge is 2.25. The van der Waals surface area contributed by atoms with Crippen molar-refractivity contribution in [3.63, 3.8) is 0 Å². The van der Waals surface area contributed by atoms with Gasteiger partial charge in [0.25, 0.3) is 11.7 Å². The molecule has 0 atom stereocenters. The molecule has 1 fully saturated rings. The lowest BCUT2D eigenvalue weighted by molar-refractivity contribution is 0.0743. The zero-order valence-electron chi connectivity index (χ0n) is 19.3. The summed E-state index contributed by atoms with van der Waals surface area (Å²) in [4.78, 5) is 32.0. The lowest BCUT2D eigenvalue weighted by Gasteiger charge is -2.36. The second-order valence-electron chi connectivity index (χ2n) is 8.49. The van der Waals surface area contributed by atoms with E-state index in [2.05, 4.69) is 25.0 Å². The number of hydrogen-bond donors (Lipinski definition) is 0. The van der Waals surface area contributed by atoms with Crippen LogP contribution in [0.2, 0.25) is 0 Å². The van der Waals surface area contributed by atoms with Gasteiger partial charge in [0.1, 0.15) is 17.8 Å². The summed E-state index contributed by atoms with van der Waals surface area (Å²) < 4.78 is 3.78. The molecule has 1 saturated heterocycles. The Morgan fingerprint density at radius 1 is 1.03 bits per heavy atom. The number of aryl methyl sites for hydroxylation is 1. The smallest absolute Gasteiger partial charge is 0.255 e. The number of aromatic nitrogens is 6. The van der Waals surface area contributed by atoms with Crippen molar-refractivity contribution < 1.29 is 4.79 Å². The van der Waals surface area contributed by atoms with Gasteiger partial charge in [0.15, 0.2) is 0 Å². The molecule has 0 bridgehead atoms. The van der Waals surface area contributed by atoms with E-state index >= 15 is 0 Å². The van der Waals surface area contributed by atoms with Crippen LogP contribution in [0.25, 0.3) is 11.4 Å². The molecule has 10 heteroatoms. The molecular weight excluding hydrogens is 460 g/mol. The molecule has 6 rings (SSSR count). The Hall–Kier alpha value is -3.92. The minimum atomic E-state index is 0.0690. The van der Waals surface area contributed by atoms with Crippen LogP contribution < -0.4 is 4.90 Å². The van der Waals surface area contributed by atoms with Gasteiger partial charge in [0, 0.05) is 61.0 Å². The van der Waals surface area contributed by atoms with E-state index < -0.39 is 0 Å². The Bertz CT molecular complexity index is 1490. The second kappa shape index (κ2) is 9.03. The van der Waals surface area contributed by atoms with E-state index in [4.69, 9.17) is 0 Å². The number of anilines is 1. The van der Waals surface area contributed by atoms with E-state index in [9.17, 15) is 4.79 Å². The number of amides is 1. The third-order valence-electron chi connectivity index (χ3n) is 6.16. The molecule has 0 radical (unpaired) electrons. The zero-order valence-corrected chi connectivity index (χ0v) is 20.1. The van der Waals surface area contributed by atoms with Gasteiger partial charge in [0.05, 0.1) is 11.3 Å². The Labute approximate surface area is 206 Å². The molecule has 1 aliphatic heterocycles. The van der Waals surface area contributed by atoms with Crippen LogP contribution in [-0.4, -0.2) is 66.0 Å². The van der Waals surface area contributed by atoms with Crippen molar-refractivity contribution >= 4 is 34.9 Å². The van der Waals surface area contributed by atoms with Crippen LogP contribution in [0.4, 0.5) is 5.82 Å². The largest absolute Gasteiger partial charge is 0.353 e. The zero-order chi connectivity index (χ0) is 23.8. The lowest BCUT2D eigenvalue weighted by atomic mass is 10.2. The minimum Gasteiger partial charge on any atom is -0.353 e. The number of rotatable bonds is 5. The summed E-state index contributed by atoms with van der Waals surface area (Å²) in [6, 6.07) is 15.8. The average molecular weight is 485 g/mol. The van der Waals surface area contributed by atoms with Gasteiger partial charge in [-0.15, -0.1) is 11.8 Å². The maximum Gasteiger partial charge on any atom is 0.255 e. The van der Waals surface area contributed by atoms with E-state index in [-0.39, 0.29) is 5.91 Å². The Morgan fingerprint density at radius 2 is 1.86 bits per heavy atom. The molecule has 0 spiro atoms. The Balaban J connectivity index is 1.15. The highest BCUT2D eigenvalue weighted by molar-refractivity contribution is 7.98. The number of thioether (sulfide) groups is 1. The monoisotopic (exact) mass is 484 g/mol. The molecule has 5 heterocycles. The third kappa shape index (κ3) is 4.21. The summed E-state index contributed by atoms with van der Waals surface area (Å²) in [6.45, 7) is 4.68. The van der Waals surface area contributed by atoms with E-state index in [1.165, 1.54) is 6.33 Å². The molecule has 35 heavy (non-hydrogen) atoms. The summed E-state index contributed by atoms with van der Waals surface area (Å²) in [6.07, 6.45) is 5.56. The van der Waals surface area contributed by atoms with Crippen molar-refractivity contribution in [2.24, 2.45) is 0 Å². The number of fused-ring (bicyclic) bond motifs is 2. The normalized spacial score (nSPS) is 14.2. The van der Waals surface area contributed by atoms with Crippen LogP contribution in [0.5, 0.6) is 0 Å². The van der Waals surface area contributed by atoms with Gasteiger partial charge in [0.2, 0.25) is 0 Å². The number of carbonyl (C=O) groups excluding carboxylic acids is 1. The van der Waals surface area contributed by atoms with Gasteiger partial charge in [-0.1, -0.05) is 18.2 Å². The van der Waals surface area contributed by atoms with E-state index in [0.717, 1.165) is 46.4 Å². The standard InChI is InChI=1S/C25H24N8OS/c1-18-14-23(33-25(28-18)26-17-27-33)30-10-12-31(13-11-30)24(34)20-6-2-3-7-21(20)35-16-19-15-32-9-5-4-8-22(32)29-19/h2-9,14-15,17H,10-13,16H2,1H3. The summed E-state index contributed by atoms with van der Waals surface area (Å²) in [5, 5.41) is 4.32. The third-order valence-corrected chi connectivity index (χ3v) is 7.27. The molecular formula is C25H24N8OS. The molecule has 0 N–H and O–H groups in total. The van der Waals surface area contributed by atoms with Crippen LogP contribution in [0.1, 0.15) is 21.7 Å². The average Bonchev–Trinajstić information content (AvgIpc) is 3.53. The van der Waals surface area contributed by atoms with E-state index in [1.54, 1.807) is 16.3 Å². The van der Waals surface area contributed by atoms with Crippen LogP contribution in [0.3, 0.4) is 0 Å². The van der Waals surface area contributed by atoms with Crippen molar-refractivity contribution in [2.45, 2.75) is 17.6 Å². The van der Waals surface area contributed by atoms with Crippen LogP contribution in [0, 0.1) is 6.92 Å². The first-order valence-corrected chi connectivity index (χ1v) is 12.5. The molecule has 5 aromatic rings. The molecule has 9 nitrogen and oxygen atoms in total.